The smallest absolute Gasteiger partial charge is 0.284 e. The van der Waals surface area contributed by atoms with Gasteiger partial charge in [0.05, 0.1) is 12.0 Å². The van der Waals surface area contributed by atoms with Gasteiger partial charge in [0.15, 0.2) is 5.76 Å². The van der Waals surface area contributed by atoms with Gasteiger partial charge in [0.1, 0.15) is 0 Å². The maximum atomic E-state index is 12.1. The minimum Gasteiger partial charge on any atom is -0.459 e. The molecule has 3 rings (SSSR count). The first kappa shape index (κ1) is 17.3. The molecule has 0 saturated heterocycles. The Hall–Kier alpha value is -2.54. The van der Waals surface area contributed by atoms with Crippen LogP contribution in [0.5, 0.6) is 0 Å². The van der Waals surface area contributed by atoms with Crippen molar-refractivity contribution in [1.29, 1.82) is 0 Å². The Balaban J connectivity index is 1.53. The van der Waals surface area contributed by atoms with E-state index in [-0.39, 0.29) is 17.1 Å². The highest BCUT2D eigenvalue weighted by atomic mass is 32.2. The average molecular weight is 357 g/mol. The maximum Gasteiger partial charge on any atom is 0.284 e. The summed E-state index contributed by atoms with van der Waals surface area (Å²) >= 11 is 1.18. The lowest BCUT2D eigenvalue weighted by atomic mass is 9.87. The van der Waals surface area contributed by atoms with E-state index in [0.717, 1.165) is 5.69 Å². The van der Waals surface area contributed by atoms with Gasteiger partial charge in [0, 0.05) is 5.69 Å². The Kier molecular flexibility index (Phi) is 4.94. The van der Waals surface area contributed by atoms with Crippen LogP contribution in [0.15, 0.2) is 56.7 Å². The fraction of sp³-hybridized carbons (Fsp3) is 0.278. The molecular weight excluding hydrogens is 338 g/mol. The van der Waals surface area contributed by atoms with E-state index < -0.39 is 0 Å². The van der Waals surface area contributed by atoms with Crippen molar-refractivity contribution in [2.24, 2.45) is 0 Å². The lowest BCUT2D eigenvalue weighted by molar-refractivity contribution is -0.113. The minimum atomic E-state index is -0.133. The van der Waals surface area contributed by atoms with Crippen LogP contribution < -0.4 is 5.32 Å². The molecule has 0 bridgehead atoms. The molecule has 0 fully saturated rings. The average Bonchev–Trinajstić information content (AvgIpc) is 3.24. The first-order chi connectivity index (χ1) is 11.9. The second-order valence-electron chi connectivity index (χ2n) is 6.51. The summed E-state index contributed by atoms with van der Waals surface area (Å²) in [5, 5.41) is 11.0. The number of carbonyl (C=O) groups is 1. The number of benzene rings is 1. The number of anilines is 1. The Morgan fingerprint density at radius 2 is 1.92 bits per heavy atom. The van der Waals surface area contributed by atoms with Gasteiger partial charge in [-0.05, 0) is 35.2 Å². The number of hydrogen-bond acceptors (Lipinski definition) is 6. The van der Waals surface area contributed by atoms with Gasteiger partial charge in [-0.3, -0.25) is 4.79 Å². The van der Waals surface area contributed by atoms with Crippen LogP contribution in [0.25, 0.3) is 11.7 Å². The van der Waals surface area contributed by atoms with E-state index in [1.165, 1.54) is 23.6 Å². The normalized spacial score (nSPS) is 11.5. The fourth-order valence-electron chi connectivity index (χ4n) is 2.15. The van der Waals surface area contributed by atoms with Crippen molar-refractivity contribution in [3.8, 4) is 11.7 Å². The van der Waals surface area contributed by atoms with Gasteiger partial charge < -0.3 is 14.2 Å². The second-order valence-corrected chi connectivity index (χ2v) is 7.44. The predicted octanol–water partition coefficient (Wildman–Crippen LogP) is 4.36. The Labute approximate surface area is 150 Å². The van der Waals surface area contributed by atoms with Gasteiger partial charge in [-0.1, -0.05) is 44.7 Å². The van der Waals surface area contributed by atoms with E-state index in [1.54, 1.807) is 12.1 Å². The van der Waals surface area contributed by atoms with E-state index in [4.69, 9.17) is 8.83 Å². The summed E-state index contributed by atoms with van der Waals surface area (Å²) in [7, 11) is 0. The molecule has 6 nitrogen and oxygen atoms in total. The number of amides is 1. The molecule has 25 heavy (non-hydrogen) atoms. The van der Waals surface area contributed by atoms with E-state index in [0.29, 0.717) is 16.9 Å². The lowest BCUT2D eigenvalue weighted by Gasteiger charge is -2.19. The van der Waals surface area contributed by atoms with Crippen molar-refractivity contribution >= 4 is 23.4 Å². The SMILES string of the molecule is CC(C)(C)c1ccc(NC(=O)CSc2nnc(-c3ccco3)o2)cc1. The number of rotatable bonds is 5. The molecule has 0 atom stereocenters. The summed E-state index contributed by atoms with van der Waals surface area (Å²) in [5.41, 5.74) is 2.07. The first-order valence-corrected chi connectivity index (χ1v) is 8.81. The molecule has 0 spiro atoms. The number of aromatic nitrogens is 2. The monoisotopic (exact) mass is 357 g/mol. The molecule has 130 valence electrons. The zero-order chi connectivity index (χ0) is 17.9. The topological polar surface area (TPSA) is 81.2 Å². The largest absolute Gasteiger partial charge is 0.459 e. The lowest BCUT2D eigenvalue weighted by Crippen LogP contribution is -2.15. The third-order valence-electron chi connectivity index (χ3n) is 3.50. The summed E-state index contributed by atoms with van der Waals surface area (Å²) in [6.07, 6.45) is 1.53. The van der Waals surface area contributed by atoms with E-state index in [2.05, 4.69) is 36.3 Å². The van der Waals surface area contributed by atoms with Crippen molar-refractivity contribution in [1.82, 2.24) is 10.2 Å². The Morgan fingerprint density at radius 3 is 2.56 bits per heavy atom. The van der Waals surface area contributed by atoms with Crippen LogP contribution in [-0.2, 0) is 10.2 Å². The molecule has 7 heteroatoms. The summed E-state index contributed by atoms with van der Waals surface area (Å²) in [5.74, 6) is 0.848. The molecule has 1 aromatic carbocycles. The first-order valence-electron chi connectivity index (χ1n) is 7.82. The van der Waals surface area contributed by atoms with E-state index in [1.807, 2.05) is 24.3 Å². The van der Waals surface area contributed by atoms with Gasteiger partial charge in [-0.15, -0.1) is 10.2 Å². The third kappa shape index (κ3) is 4.51. The van der Waals surface area contributed by atoms with Crippen LogP contribution in [-0.4, -0.2) is 21.9 Å². The molecule has 3 aromatic rings. The Morgan fingerprint density at radius 1 is 1.16 bits per heavy atom. The van der Waals surface area contributed by atoms with Gasteiger partial charge in [-0.25, -0.2) is 0 Å². The summed E-state index contributed by atoms with van der Waals surface area (Å²) in [6.45, 7) is 6.45. The van der Waals surface area contributed by atoms with Crippen LogP contribution in [0.2, 0.25) is 0 Å². The van der Waals surface area contributed by atoms with Crippen molar-refractivity contribution in [3.63, 3.8) is 0 Å². The van der Waals surface area contributed by atoms with Gasteiger partial charge in [-0.2, -0.15) is 0 Å². The molecule has 1 amide bonds. The van der Waals surface area contributed by atoms with Crippen LogP contribution in [0.1, 0.15) is 26.3 Å². The van der Waals surface area contributed by atoms with E-state index in [9.17, 15) is 4.79 Å². The molecule has 0 aliphatic heterocycles. The summed E-state index contributed by atoms with van der Waals surface area (Å²) in [4.78, 5) is 12.1. The van der Waals surface area contributed by atoms with Crippen molar-refractivity contribution < 1.29 is 13.6 Å². The zero-order valence-corrected chi connectivity index (χ0v) is 15.1. The quantitative estimate of drug-likeness (QED) is 0.683. The third-order valence-corrected chi connectivity index (χ3v) is 4.32. The number of nitrogens with one attached hydrogen (secondary N) is 1. The predicted molar refractivity (Wildman–Crippen MR) is 96.5 cm³/mol. The fourth-order valence-corrected chi connectivity index (χ4v) is 2.71. The highest BCUT2D eigenvalue weighted by Gasteiger charge is 2.14. The van der Waals surface area contributed by atoms with Crippen molar-refractivity contribution in [2.75, 3.05) is 11.1 Å². The molecule has 2 heterocycles. The van der Waals surface area contributed by atoms with Crippen LogP contribution in [0.4, 0.5) is 5.69 Å². The second kappa shape index (κ2) is 7.14. The highest BCUT2D eigenvalue weighted by Crippen LogP contribution is 2.25. The van der Waals surface area contributed by atoms with Crippen LogP contribution in [0.3, 0.4) is 0 Å². The van der Waals surface area contributed by atoms with Crippen LogP contribution in [0, 0.1) is 0 Å². The number of hydrogen-bond donors (Lipinski definition) is 1. The number of thioether (sulfide) groups is 1. The maximum absolute atomic E-state index is 12.1. The summed E-state index contributed by atoms with van der Waals surface area (Å²) in [6, 6.07) is 11.3. The zero-order valence-electron chi connectivity index (χ0n) is 14.3. The Bertz CT molecular complexity index is 833. The molecule has 0 saturated carbocycles. The van der Waals surface area contributed by atoms with Gasteiger partial charge in [0.2, 0.25) is 5.91 Å². The van der Waals surface area contributed by atoms with Gasteiger partial charge >= 0.3 is 0 Å². The number of carbonyl (C=O) groups excluding carboxylic acids is 1. The standard InChI is InChI=1S/C18H19N3O3S/c1-18(2,3)12-6-8-13(9-7-12)19-15(22)11-25-17-21-20-16(24-17)14-5-4-10-23-14/h4-10H,11H2,1-3H3,(H,19,22). The molecule has 1 N–H and O–H groups in total. The molecule has 0 aliphatic rings. The molecular formula is C18H19N3O3S. The minimum absolute atomic E-state index is 0.0854. The number of furan rings is 1. The molecule has 0 radical (unpaired) electrons. The van der Waals surface area contributed by atoms with Crippen molar-refractivity contribution in [3.05, 3.63) is 48.2 Å². The highest BCUT2D eigenvalue weighted by molar-refractivity contribution is 7.99. The molecule has 0 unspecified atom stereocenters. The number of nitrogens with zero attached hydrogens (tertiary/aromatic N) is 2. The molecule has 2 aromatic heterocycles. The van der Waals surface area contributed by atoms with Crippen molar-refractivity contribution in [2.45, 2.75) is 31.4 Å². The van der Waals surface area contributed by atoms with Crippen LogP contribution >= 0.6 is 11.8 Å². The van der Waals surface area contributed by atoms with E-state index >= 15 is 0 Å². The molecule has 0 aliphatic carbocycles. The summed E-state index contributed by atoms with van der Waals surface area (Å²) < 4.78 is 10.6. The van der Waals surface area contributed by atoms with Gasteiger partial charge in [0.25, 0.3) is 11.1 Å².